The van der Waals surface area contributed by atoms with Crippen LogP contribution in [0.5, 0.6) is 5.75 Å². The SMILES string of the molecule is COc1ccc(-c2nncc(-c3ccc(F)c(-c4ccc(F)cc4C#N)c3)n2)cc1. The van der Waals surface area contributed by atoms with Crippen molar-refractivity contribution in [3.63, 3.8) is 0 Å². The van der Waals surface area contributed by atoms with Gasteiger partial charge in [-0.25, -0.2) is 13.8 Å². The topological polar surface area (TPSA) is 71.7 Å². The third-order valence-electron chi connectivity index (χ3n) is 4.56. The van der Waals surface area contributed by atoms with Crippen molar-refractivity contribution in [3.8, 4) is 45.6 Å². The summed E-state index contributed by atoms with van der Waals surface area (Å²) in [5.41, 5.74) is 2.34. The first kappa shape index (κ1) is 19.2. The fourth-order valence-corrected chi connectivity index (χ4v) is 3.04. The molecule has 1 aromatic heterocycles. The van der Waals surface area contributed by atoms with Crippen LogP contribution in [0.15, 0.2) is 66.9 Å². The Morgan fingerprint density at radius 3 is 2.40 bits per heavy atom. The zero-order valence-corrected chi connectivity index (χ0v) is 15.8. The molecule has 0 aliphatic rings. The maximum Gasteiger partial charge on any atom is 0.182 e. The highest BCUT2D eigenvalue weighted by Gasteiger charge is 2.14. The van der Waals surface area contributed by atoms with Crippen LogP contribution < -0.4 is 4.74 Å². The van der Waals surface area contributed by atoms with Crippen molar-refractivity contribution in [3.05, 3.63) is 84.1 Å². The maximum absolute atomic E-state index is 14.5. The minimum atomic E-state index is -0.559. The zero-order valence-electron chi connectivity index (χ0n) is 15.8. The molecule has 3 aromatic carbocycles. The van der Waals surface area contributed by atoms with E-state index in [0.29, 0.717) is 28.4 Å². The monoisotopic (exact) mass is 400 g/mol. The summed E-state index contributed by atoms with van der Waals surface area (Å²) < 4.78 is 33.2. The van der Waals surface area contributed by atoms with Crippen molar-refractivity contribution >= 4 is 0 Å². The van der Waals surface area contributed by atoms with Gasteiger partial charge >= 0.3 is 0 Å². The van der Waals surface area contributed by atoms with E-state index in [4.69, 9.17) is 4.74 Å². The average Bonchev–Trinajstić information content (AvgIpc) is 2.79. The first-order valence-corrected chi connectivity index (χ1v) is 8.93. The molecule has 0 N–H and O–H groups in total. The number of nitriles is 1. The highest BCUT2D eigenvalue weighted by molar-refractivity contribution is 5.76. The molecule has 0 saturated carbocycles. The molecule has 4 rings (SSSR count). The molecule has 1 heterocycles. The number of aromatic nitrogens is 3. The minimum Gasteiger partial charge on any atom is -0.497 e. The lowest BCUT2D eigenvalue weighted by Gasteiger charge is -2.09. The van der Waals surface area contributed by atoms with E-state index in [1.807, 2.05) is 18.2 Å². The van der Waals surface area contributed by atoms with E-state index in [2.05, 4.69) is 15.2 Å². The number of ether oxygens (including phenoxy) is 1. The van der Waals surface area contributed by atoms with E-state index in [1.165, 1.54) is 24.4 Å². The molecule has 0 aliphatic carbocycles. The highest BCUT2D eigenvalue weighted by Crippen LogP contribution is 2.31. The first-order valence-electron chi connectivity index (χ1n) is 8.93. The molecule has 30 heavy (non-hydrogen) atoms. The Hall–Kier alpha value is -4.18. The van der Waals surface area contributed by atoms with Crippen molar-refractivity contribution in [2.24, 2.45) is 0 Å². The summed E-state index contributed by atoms with van der Waals surface area (Å²) in [5, 5.41) is 17.4. The van der Waals surface area contributed by atoms with Gasteiger partial charge in [0.1, 0.15) is 17.4 Å². The second-order valence-corrected chi connectivity index (χ2v) is 6.39. The van der Waals surface area contributed by atoms with Crippen molar-refractivity contribution in [2.45, 2.75) is 0 Å². The van der Waals surface area contributed by atoms with Crippen LogP contribution in [0.3, 0.4) is 0 Å². The molecular weight excluding hydrogens is 386 g/mol. The third kappa shape index (κ3) is 3.71. The van der Waals surface area contributed by atoms with E-state index in [9.17, 15) is 14.0 Å². The summed E-state index contributed by atoms with van der Waals surface area (Å²) in [6.07, 6.45) is 1.47. The summed E-state index contributed by atoms with van der Waals surface area (Å²) in [4.78, 5) is 4.53. The molecule has 0 fully saturated rings. The van der Waals surface area contributed by atoms with Crippen molar-refractivity contribution in [2.75, 3.05) is 7.11 Å². The lowest BCUT2D eigenvalue weighted by molar-refractivity contribution is 0.415. The number of rotatable bonds is 4. The number of hydrogen-bond acceptors (Lipinski definition) is 5. The van der Waals surface area contributed by atoms with Gasteiger partial charge in [0.05, 0.1) is 30.6 Å². The van der Waals surface area contributed by atoms with Gasteiger partial charge in [-0.2, -0.15) is 10.4 Å². The van der Waals surface area contributed by atoms with Gasteiger partial charge in [-0.15, -0.1) is 5.10 Å². The average molecular weight is 400 g/mol. The van der Waals surface area contributed by atoms with Gasteiger partial charge < -0.3 is 4.74 Å². The lowest BCUT2D eigenvalue weighted by atomic mass is 9.97. The summed E-state index contributed by atoms with van der Waals surface area (Å²) in [5.74, 6) is 0.0226. The number of hydrogen-bond donors (Lipinski definition) is 0. The van der Waals surface area contributed by atoms with Crippen LogP contribution in [-0.2, 0) is 0 Å². The molecule has 0 saturated heterocycles. The van der Waals surface area contributed by atoms with Crippen LogP contribution >= 0.6 is 0 Å². The van der Waals surface area contributed by atoms with Crippen LogP contribution in [0.2, 0.25) is 0 Å². The molecule has 0 radical (unpaired) electrons. The molecule has 0 amide bonds. The van der Waals surface area contributed by atoms with Crippen LogP contribution in [0.25, 0.3) is 33.8 Å². The van der Waals surface area contributed by atoms with Crippen LogP contribution in [0.4, 0.5) is 8.78 Å². The summed E-state index contributed by atoms with van der Waals surface area (Å²) in [6.45, 7) is 0. The number of halogens is 2. The second kappa shape index (κ2) is 8.05. The fourth-order valence-electron chi connectivity index (χ4n) is 3.04. The third-order valence-corrected chi connectivity index (χ3v) is 4.56. The van der Waals surface area contributed by atoms with Gasteiger partial charge in [0.15, 0.2) is 5.82 Å². The van der Waals surface area contributed by atoms with E-state index < -0.39 is 11.6 Å². The molecule has 4 aromatic rings. The molecule has 0 spiro atoms. The Balaban J connectivity index is 1.77. The van der Waals surface area contributed by atoms with Gasteiger partial charge in [0.25, 0.3) is 0 Å². The molecule has 146 valence electrons. The predicted octanol–water partition coefficient (Wildman–Crippen LogP) is 5.03. The Labute approximate surface area is 171 Å². The Kier molecular flexibility index (Phi) is 5.14. The number of nitrogens with zero attached hydrogens (tertiary/aromatic N) is 4. The molecule has 7 heteroatoms. The molecule has 0 atom stereocenters. The fraction of sp³-hybridized carbons (Fsp3) is 0.0435. The largest absolute Gasteiger partial charge is 0.497 e. The summed E-state index contributed by atoms with van der Waals surface area (Å²) in [6, 6.07) is 17.2. The normalized spacial score (nSPS) is 10.5. The minimum absolute atomic E-state index is 0.0470. The molecule has 5 nitrogen and oxygen atoms in total. The molecule has 0 unspecified atom stereocenters. The second-order valence-electron chi connectivity index (χ2n) is 6.39. The number of methoxy groups -OCH3 is 1. The van der Waals surface area contributed by atoms with Gasteiger partial charge in [0.2, 0.25) is 0 Å². The Morgan fingerprint density at radius 1 is 0.900 bits per heavy atom. The van der Waals surface area contributed by atoms with Gasteiger partial charge in [-0.05, 0) is 54.6 Å². The highest BCUT2D eigenvalue weighted by atomic mass is 19.1. The van der Waals surface area contributed by atoms with Crippen molar-refractivity contribution < 1.29 is 13.5 Å². The van der Waals surface area contributed by atoms with E-state index in [1.54, 1.807) is 31.4 Å². The van der Waals surface area contributed by atoms with E-state index in [-0.39, 0.29) is 11.1 Å². The van der Waals surface area contributed by atoms with Crippen LogP contribution in [-0.4, -0.2) is 22.3 Å². The standard InChI is InChI=1S/C23H14F2N4O/c1-30-18-6-2-14(3-7-18)23-28-22(13-27-29-23)15-4-9-21(25)20(11-15)19-8-5-17(24)10-16(19)12-26/h2-11,13H,1H3. The Bertz CT molecular complexity index is 1270. The summed E-state index contributed by atoms with van der Waals surface area (Å²) in [7, 11) is 1.58. The number of benzene rings is 3. The molecule has 0 bridgehead atoms. The smallest absolute Gasteiger partial charge is 0.182 e. The predicted molar refractivity (Wildman–Crippen MR) is 107 cm³/mol. The van der Waals surface area contributed by atoms with Gasteiger partial charge in [-0.1, -0.05) is 6.07 Å². The zero-order chi connectivity index (χ0) is 21.1. The van der Waals surface area contributed by atoms with Gasteiger partial charge in [-0.3, -0.25) is 0 Å². The van der Waals surface area contributed by atoms with Crippen molar-refractivity contribution in [1.82, 2.24) is 15.2 Å². The van der Waals surface area contributed by atoms with Gasteiger partial charge in [0, 0.05) is 22.3 Å². The quantitative estimate of drug-likeness (QED) is 0.480. The molecular formula is C23H14F2N4O. The maximum atomic E-state index is 14.5. The van der Waals surface area contributed by atoms with E-state index in [0.717, 1.165) is 11.6 Å². The van der Waals surface area contributed by atoms with Crippen molar-refractivity contribution in [1.29, 1.82) is 5.26 Å². The lowest BCUT2D eigenvalue weighted by Crippen LogP contribution is -1.96. The Morgan fingerprint density at radius 2 is 1.67 bits per heavy atom. The van der Waals surface area contributed by atoms with Crippen LogP contribution in [0.1, 0.15) is 5.56 Å². The van der Waals surface area contributed by atoms with E-state index >= 15 is 0 Å². The summed E-state index contributed by atoms with van der Waals surface area (Å²) >= 11 is 0. The first-order chi connectivity index (χ1) is 14.6. The van der Waals surface area contributed by atoms with Crippen LogP contribution in [0, 0.1) is 23.0 Å². The molecule has 0 aliphatic heterocycles.